The van der Waals surface area contributed by atoms with Crippen LogP contribution in [-0.4, -0.2) is 28.1 Å². The van der Waals surface area contributed by atoms with Crippen LogP contribution in [0.4, 0.5) is 4.39 Å². The molecule has 2 amide bonds. The number of benzene rings is 1. The number of nitrogens with one attached hydrogen (secondary N) is 3. The number of hydrazine groups is 1. The van der Waals surface area contributed by atoms with Crippen molar-refractivity contribution in [2.45, 2.75) is 13.0 Å². The molecule has 0 aliphatic carbocycles. The minimum absolute atomic E-state index is 0.0798. The van der Waals surface area contributed by atoms with E-state index in [9.17, 15) is 18.8 Å². The molecule has 0 saturated heterocycles. The Morgan fingerprint density at radius 1 is 1.22 bits per heavy atom. The normalized spacial score (nSPS) is 11.4. The third-order valence-electron chi connectivity index (χ3n) is 2.72. The highest BCUT2D eigenvalue weighted by Crippen LogP contribution is 2.16. The molecular formula is C14H13FN4O4. The summed E-state index contributed by atoms with van der Waals surface area (Å²) in [6, 6.07) is 7.94. The van der Waals surface area contributed by atoms with E-state index < -0.39 is 29.3 Å². The fourth-order valence-corrected chi connectivity index (χ4v) is 1.54. The summed E-state index contributed by atoms with van der Waals surface area (Å²) in [5, 5.41) is 5.58. The number of aromatic nitrogens is 2. The van der Waals surface area contributed by atoms with Crippen LogP contribution in [0.5, 0.6) is 5.75 Å². The molecule has 1 aromatic carbocycles. The van der Waals surface area contributed by atoms with Crippen molar-refractivity contribution in [1.82, 2.24) is 21.0 Å². The number of hydrogen-bond acceptors (Lipinski definition) is 5. The lowest BCUT2D eigenvalue weighted by Crippen LogP contribution is -2.47. The maximum Gasteiger partial charge on any atom is 0.290 e. The summed E-state index contributed by atoms with van der Waals surface area (Å²) in [6.45, 7) is 1.40. The van der Waals surface area contributed by atoms with Gasteiger partial charge >= 0.3 is 0 Å². The van der Waals surface area contributed by atoms with Crippen LogP contribution >= 0.6 is 0 Å². The minimum Gasteiger partial charge on any atom is -0.478 e. The average molecular weight is 320 g/mol. The third kappa shape index (κ3) is 4.37. The molecule has 2 aromatic rings. The van der Waals surface area contributed by atoms with E-state index in [1.807, 2.05) is 0 Å². The molecule has 120 valence electrons. The molecule has 0 aliphatic rings. The van der Waals surface area contributed by atoms with Gasteiger partial charge in [-0.1, -0.05) is 12.1 Å². The van der Waals surface area contributed by atoms with Crippen LogP contribution in [0.15, 0.2) is 41.2 Å². The van der Waals surface area contributed by atoms with Crippen molar-refractivity contribution in [3.05, 3.63) is 58.3 Å². The summed E-state index contributed by atoms with van der Waals surface area (Å²) in [6.07, 6.45) is -1.05. The number of para-hydroxylation sites is 1. The van der Waals surface area contributed by atoms with Crippen LogP contribution in [0.3, 0.4) is 0 Å². The molecular weight excluding hydrogens is 307 g/mol. The average Bonchev–Trinajstić information content (AvgIpc) is 2.55. The quantitative estimate of drug-likeness (QED) is 0.693. The van der Waals surface area contributed by atoms with Crippen molar-refractivity contribution >= 4 is 11.8 Å². The summed E-state index contributed by atoms with van der Waals surface area (Å²) < 4.78 is 18.6. The number of nitrogens with zero attached hydrogens (tertiary/aromatic N) is 1. The molecule has 23 heavy (non-hydrogen) atoms. The van der Waals surface area contributed by atoms with Crippen LogP contribution in [0.2, 0.25) is 0 Å². The molecule has 1 heterocycles. The fourth-order valence-electron chi connectivity index (χ4n) is 1.54. The smallest absolute Gasteiger partial charge is 0.290 e. The Hall–Kier alpha value is -3.23. The van der Waals surface area contributed by atoms with Crippen molar-refractivity contribution in [3.8, 4) is 5.75 Å². The molecule has 0 fully saturated rings. The molecule has 0 aliphatic heterocycles. The Labute approximate surface area is 129 Å². The van der Waals surface area contributed by atoms with Crippen LogP contribution in [0.25, 0.3) is 0 Å². The number of carbonyl (C=O) groups is 2. The van der Waals surface area contributed by atoms with Crippen molar-refractivity contribution < 1.29 is 18.7 Å². The second-order valence-corrected chi connectivity index (χ2v) is 4.44. The van der Waals surface area contributed by atoms with Crippen LogP contribution in [0, 0.1) is 5.82 Å². The van der Waals surface area contributed by atoms with Crippen LogP contribution < -0.4 is 21.1 Å². The minimum atomic E-state index is -1.05. The highest BCUT2D eigenvalue weighted by atomic mass is 19.1. The molecule has 1 atom stereocenters. The fraction of sp³-hybridized carbons (Fsp3) is 0.143. The number of H-pyrrole nitrogens is 1. The first-order valence-corrected chi connectivity index (χ1v) is 6.54. The van der Waals surface area contributed by atoms with Gasteiger partial charge in [0.2, 0.25) is 0 Å². The number of amides is 2. The lowest BCUT2D eigenvalue weighted by Gasteiger charge is -2.15. The summed E-state index contributed by atoms with van der Waals surface area (Å²) in [7, 11) is 0. The predicted octanol–water partition coefficient (Wildman–Crippen LogP) is 0.138. The van der Waals surface area contributed by atoms with Crippen molar-refractivity contribution in [2.75, 3.05) is 0 Å². The molecule has 1 unspecified atom stereocenters. The van der Waals surface area contributed by atoms with E-state index in [4.69, 9.17) is 4.74 Å². The second-order valence-electron chi connectivity index (χ2n) is 4.44. The SMILES string of the molecule is CC(Oc1ccccc1F)C(=O)NNC(=O)c1ccc(=O)[nH]n1. The van der Waals surface area contributed by atoms with Gasteiger partial charge in [0.05, 0.1) is 0 Å². The molecule has 9 heteroatoms. The Morgan fingerprint density at radius 2 is 1.96 bits per heavy atom. The molecule has 8 nitrogen and oxygen atoms in total. The Balaban J connectivity index is 1.89. The van der Waals surface area contributed by atoms with Gasteiger partial charge in [0.25, 0.3) is 17.4 Å². The molecule has 0 radical (unpaired) electrons. The van der Waals surface area contributed by atoms with E-state index in [1.54, 1.807) is 6.07 Å². The van der Waals surface area contributed by atoms with Gasteiger partial charge in [-0.2, -0.15) is 5.10 Å². The molecule has 0 spiro atoms. The lowest BCUT2D eigenvalue weighted by atomic mass is 10.3. The highest BCUT2D eigenvalue weighted by Gasteiger charge is 2.17. The standard InChI is InChI=1S/C14H13FN4O4/c1-8(23-11-5-3-2-4-9(11)15)13(21)18-19-14(22)10-6-7-12(20)17-16-10/h2-8H,1H3,(H,17,20)(H,18,21)(H,19,22). The first-order valence-electron chi connectivity index (χ1n) is 6.54. The molecule has 1 aromatic heterocycles. The molecule has 2 rings (SSSR count). The summed E-state index contributed by atoms with van der Waals surface area (Å²) in [5.41, 5.74) is 3.67. The van der Waals surface area contributed by atoms with Crippen molar-refractivity contribution in [3.63, 3.8) is 0 Å². The van der Waals surface area contributed by atoms with Gasteiger partial charge in [-0.3, -0.25) is 25.2 Å². The monoisotopic (exact) mass is 320 g/mol. The predicted molar refractivity (Wildman–Crippen MR) is 77.0 cm³/mol. The van der Waals surface area contributed by atoms with Crippen molar-refractivity contribution in [1.29, 1.82) is 0 Å². The number of halogens is 1. The van der Waals surface area contributed by atoms with Gasteiger partial charge in [-0.25, -0.2) is 9.49 Å². The lowest BCUT2D eigenvalue weighted by molar-refractivity contribution is -0.128. The van der Waals surface area contributed by atoms with Gasteiger partial charge < -0.3 is 4.74 Å². The number of rotatable bonds is 4. The molecule has 3 N–H and O–H groups in total. The topological polar surface area (TPSA) is 113 Å². The van der Waals surface area contributed by atoms with E-state index >= 15 is 0 Å². The van der Waals surface area contributed by atoms with E-state index in [0.29, 0.717) is 0 Å². The first-order chi connectivity index (χ1) is 11.0. The zero-order valence-electron chi connectivity index (χ0n) is 12.0. The maximum absolute atomic E-state index is 13.4. The number of aromatic amines is 1. The number of ether oxygens (including phenoxy) is 1. The Morgan fingerprint density at radius 3 is 2.61 bits per heavy atom. The van der Waals surface area contributed by atoms with Gasteiger partial charge in [0.1, 0.15) is 0 Å². The van der Waals surface area contributed by atoms with E-state index in [2.05, 4.69) is 21.0 Å². The summed E-state index contributed by atoms with van der Waals surface area (Å²) in [4.78, 5) is 34.3. The Bertz CT molecular complexity index is 757. The van der Waals surface area contributed by atoms with Gasteiger partial charge in [-0.05, 0) is 25.1 Å². The van der Waals surface area contributed by atoms with Gasteiger partial charge in [0, 0.05) is 6.07 Å². The zero-order valence-corrected chi connectivity index (χ0v) is 12.0. The second kappa shape index (κ2) is 7.16. The zero-order chi connectivity index (χ0) is 16.8. The molecule has 0 bridgehead atoms. The first kappa shape index (κ1) is 16.1. The summed E-state index contributed by atoms with van der Waals surface area (Å²) in [5.74, 6) is -2.10. The van der Waals surface area contributed by atoms with Crippen molar-refractivity contribution in [2.24, 2.45) is 0 Å². The van der Waals surface area contributed by atoms with E-state index in [-0.39, 0.29) is 11.4 Å². The van der Waals surface area contributed by atoms with E-state index in [1.165, 1.54) is 31.2 Å². The maximum atomic E-state index is 13.4. The molecule has 0 saturated carbocycles. The Kier molecular flexibility index (Phi) is 5.03. The van der Waals surface area contributed by atoms with Crippen LogP contribution in [0.1, 0.15) is 17.4 Å². The largest absolute Gasteiger partial charge is 0.478 e. The third-order valence-corrected chi connectivity index (χ3v) is 2.72. The number of carbonyl (C=O) groups excluding carboxylic acids is 2. The van der Waals surface area contributed by atoms with E-state index in [0.717, 1.165) is 6.07 Å². The van der Waals surface area contributed by atoms with Crippen LogP contribution in [-0.2, 0) is 4.79 Å². The highest BCUT2D eigenvalue weighted by molar-refractivity contribution is 5.93. The van der Waals surface area contributed by atoms with Gasteiger partial charge in [0.15, 0.2) is 23.4 Å². The van der Waals surface area contributed by atoms with Gasteiger partial charge in [-0.15, -0.1) is 0 Å². The summed E-state index contributed by atoms with van der Waals surface area (Å²) >= 11 is 0. The number of hydrogen-bond donors (Lipinski definition) is 3.